The van der Waals surface area contributed by atoms with E-state index in [1.807, 2.05) is 18.2 Å². The Morgan fingerprint density at radius 2 is 2.04 bits per heavy atom. The molecule has 0 saturated heterocycles. The van der Waals surface area contributed by atoms with Crippen molar-refractivity contribution in [3.8, 4) is 0 Å². The van der Waals surface area contributed by atoms with Gasteiger partial charge in [0.15, 0.2) is 5.16 Å². The number of ether oxygens (including phenoxy) is 1. The molecule has 3 aromatic rings. The summed E-state index contributed by atoms with van der Waals surface area (Å²) in [5.74, 6) is 1.12. The van der Waals surface area contributed by atoms with Crippen molar-refractivity contribution in [2.75, 3.05) is 5.73 Å². The van der Waals surface area contributed by atoms with Crippen LogP contribution in [0.2, 0.25) is 10.0 Å². The molecule has 0 radical (unpaired) electrons. The van der Waals surface area contributed by atoms with Crippen molar-refractivity contribution in [2.24, 2.45) is 0 Å². The number of hydrogen-bond acceptors (Lipinski definition) is 6. The molecule has 0 aliphatic carbocycles. The number of benzene rings is 1. The van der Waals surface area contributed by atoms with Crippen molar-refractivity contribution >= 4 is 62.3 Å². The molecule has 27 heavy (non-hydrogen) atoms. The second-order valence-corrected chi connectivity index (χ2v) is 9.67. The fourth-order valence-corrected chi connectivity index (χ4v) is 5.94. The Hall–Kier alpha value is -1.05. The molecule has 2 N–H and O–H groups in total. The SMILES string of the molecule is CC[C@]1(C)Cc2c(sc3nc(SCc4c(Cl)cccc4Cl)nc(N)c23)CO1. The highest BCUT2D eigenvalue weighted by atomic mass is 35.5. The van der Waals surface area contributed by atoms with E-state index in [0.29, 0.717) is 33.4 Å². The van der Waals surface area contributed by atoms with Crippen LogP contribution in [-0.2, 0) is 23.5 Å². The third kappa shape index (κ3) is 3.66. The lowest BCUT2D eigenvalue weighted by atomic mass is 9.90. The van der Waals surface area contributed by atoms with Crippen molar-refractivity contribution in [2.45, 2.75) is 49.8 Å². The highest BCUT2D eigenvalue weighted by Gasteiger charge is 2.33. The number of thioether (sulfide) groups is 1. The normalized spacial score (nSPS) is 19.4. The minimum atomic E-state index is -0.151. The van der Waals surface area contributed by atoms with E-state index in [-0.39, 0.29) is 5.60 Å². The Kier molecular flexibility index (Phi) is 5.29. The van der Waals surface area contributed by atoms with Crippen molar-refractivity contribution in [3.63, 3.8) is 0 Å². The number of hydrogen-bond donors (Lipinski definition) is 1. The third-order valence-corrected chi connectivity index (χ3v) is 7.68. The first-order valence-corrected chi connectivity index (χ1v) is 11.2. The van der Waals surface area contributed by atoms with E-state index in [1.165, 1.54) is 22.2 Å². The van der Waals surface area contributed by atoms with Crippen LogP contribution in [0.5, 0.6) is 0 Å². The van der Waals surface area contributed by atoms with Gasteiger partial charge in [-0.15, -0.1) is 11.3 Å². The number of nitrogens with two attached hydrogens (primary N) is 1. The molecule has 3 heterocycles. The fourth-order valence-electron chi connectivity index (χ4n) is 3.18. The van der Waals surface area contributed by atoms with Crippen LogP contribution < -0.4 is 5.73 Å². The minimum Gasteiger partial charge on any atom is -0.383 e. The van der Waals surface area contributed by atoms with Gasteiger partial charge in [-0.25, -0.2) is 9.97 Å². The summed E-state index contributed by atoms with van der Waals surface area (Å²) in [6.45, 7) is 4.90. The maximum Gasteiger partial charge on any atom is 0.191 e. The first-order chi connectivity index (χ1) is 12.9. The number of anilines is 1. The molecule has 0 saturated carbocycles. The van der Waals surface area contributed by atoms with E-state index < -0.39 is 0 Å². The second-order valence-electron chi connectivity index (χ2n) is 6.83. The molecule has 0 bridgehead atoms. The van der Waals surface area contributed by atoms with Gasteiger partial charge in [0.05, 0.1) is 17.6 Å². The highest BCUT2D eigenvalue weighted by Crippen LogP contribution is 2.42. The predicted octanol–water partition coefficient (Wildman–Crippen LogP) is 6.11. The average molecular weight is 440 g/mol. The topological polar surface area (TPSA) is 61.0 Å². The molecule has 8 heteroatoms. The molecule has 0 spiro atoms. The van der Waals surface area contributed by atoms with Crippen LogP contribution >= 0.6 is 46.3 Å². The van der Waals surface area contributed by atoms with E-state index >= 15 is 0 Å². The lowest BCUT2D eigenvalue weighted by Crippen LogP contribution is -2.33. The van der Waals surface area contributed by atoms with Crippen LogP contribution in [0, 0.1) is 0 Å². The van der Waals surface area contributed by atoms with Crippen molar-refractivity contribution in [1.29, 1.82) is 0 Å². The zero-order chi connectivity index (χ0) is 19.2. The number of nitrogens with zero attached hydrogens (tertiary/aromatic N) is 2. The van der Waals surface area contributed by atoms with E-state index in [2.05, 4.69) is 18.8 Å². The van der Waals surface area contributed by atoms with Gasteiger partial charge in [0.2, 0.25) is 0 Å². The van der Waals surface area contributed by atoms with Gasteiger partial charge in [0, 0.05) is 27.1 Å². The molecule has 1 aromatic carbocycles. The summed E-state index contributed by atoms with van der Waals surface area (Å²) in [6, 6.07) is 5.50. The number of thiophene rings is 1. The lowest BCUT2D eigenvalue weighted by Gasteiger charge is -2.33. The van der Waals surface area contributed by atoms with Gasteiger partial charge in [-0.1, -0.05) is 48.0 Å². The molecule has 1 aliphatic rings. The van der Waals surface area contributed by atoms with Crippen LogP contribution in [0.15, 0.2) is 23.4 Å². The summed E-state index contributed by atoms with van der Waals surface area (Å²) in [6.07, 6.45) is 1.80. The molecule has 2 aromatic heterocycles. The molecular weight excluding hydrogens is 421 g/mol. The van der Waals surface area contributed by atoms with Crippen molar-refractivity contribution in [1.82, 2.24) is 9.97 Å². The quantitative estimate of drug-likeness (QED) is 0.392. The summed E-state index contributed by atoms with van der Waals surface area (Å²) in [5, 5.41) is 2.91. The van der Waals surface area contributed by atoms with Crippen LogP contribution in [0.4, 0.5) is 5.82 Å². The van der Waals surface area contributed by atoms with E-state index in [4.69, 9.17) is 38.7 Å². The van der Waals surface area contributed by atoms with Gasteiger partial charge < -0.3 is 10.5 Å². The summed E-state index contributed by atoms with van der Waals surface area (Å²) in [5.41, 5.74) is 8.31. The van der Waals surface area contributed by atoms with E-state index in [9.17, 15) is 0 Å². The van der Waals surface area contributed by atoms with Crippen LogP contribution in [0.1, 0.15) is 36.3 Å². The molecule has 1 aliphatic heterocycles. The Labute approximate surface area is 176 Å². The smallest absolute Gasteiger partial charge is 0.191 e. The molecule has 0 amide bonds. The van der Waals surface area contributed by atoms with Gasteiger partial charge in [-0.05, 0) is 36.6 Å². The van der Waals surface area contributed by atoms with Crippen molar-refractivity contribution < 1.29 is 4.74 Å². The van der Waals surface area contributed by atoms with Gasteiger partial charge in [0.25, 0.3) is 0 Å². The second kappa shape index (κ2) is 7.41. The monoisotopic (exact) mass is 439 g/mol. The standard InChI is InChI=1S/C19H19Cl2N3OS2/c1-3-19(2)7-10-14(8-25-19)27-17-15(10)16(22)23-18(24-17)26-9-11-12(20)5-4-6-13(11)21/h4-6H,3,7-9H2,1-2H3,(H2,22,23,24)/t19-/m1/s1. The largest absolute Gasteiger partial charge is 0.383 e. The summed E-state index contributed by atoms with van der Waals surface area (Å²) in [4.78, 5) is 11.4. The number of halogens is 2. The summed E-state index contributed by atoms with van der Waals surface area (Å²) in [7, 11) is 0. The molecule has 142 valence electrons. The maximum atomic E-state index is 6.33. The third-order valence-electron chi connectivity index (χ3n) is 5.00. The summed E-state index contributed by atoms with van der Waals surface area (Å²) >= 11 is 15.6. The Bertz CT molecular complexity index is 1000. The van der Waals surface area contributed by atoms with Gasteiger partial charge in [0.1, 0.15) is 10.6 Å². The van der Waals surface area contributed by atoms with Crippen LogP contribution in [0.25, 0.3) is 10.2 Å². The van der Waals surface area contributed by atoms with E-state index in [0.717, 1.165) is 28.6 Å². The lowest BCUT2D eigenvalue weighted by molar-refractivity contribution is -0.0542. The minimum absolute atomic E-state index is 0.151. The van der Waals surface area contributed by atoms with Crippen LogP contribution in [0.3, 0.4) is 0 Å². The Morgan fingerprint density at radius 3 is 2.74 bits per heavy atom. The number of nitrogen functional groups attached to an aromatic ring is 1. The predicted molar refractivity (Wildman–Crippen MR) is 115 cm³/mol. The van der Waals surface area contributed by atoms with Gasteiger partial charge in [-0.3, -0.25) is 0 Å². The molecular formula is C19H19Cl2N3OS2. The van der Waals surface area contributed by atoms with Gasteiger partial charge >= 0.3 is 0 Å². The first-order valence-electron chi connectivity index (χ1n) is 8.67. The maximum absolute atomic E-state index is 6.33. The zero-order valence-corrected chi connectivity index (χ0v) is 18.2. The molecule has 1 atom stereocenters. The Morgan fingerprint density at radius 1 is 1.30 bits per heavy atom. The zero-order valence-electron chi connectivity index (χ0n) is 15.0. The fraction of sp³-hybridized carbons (Fsp3) is 0.368. The first kappa shape index (κ1) is 19.3. The van der Waals surface area contributed by atoms with E-state index in [1.54, 1.807) is 11.3 Å². The van der Waals surface area contributed by atoms with Crippen molar-refractivity contribution in [3.05, 3.63) is 44.2 Å². The Balaban J connectivity index is 1.65. The molecule has 0 fully saturated rings. The average Bonchev–Trinajstić information content (AvgIpc) is 2.99. The van der Waals surface area contributed by atoms with Gasteiger partial charge in [-0.2, -0.15) is 0 Å². The molecule has 0 unspecified atom stereocenters. The molecule has 4 rings (SSSR count). The van der Waals surface area contributed by atoms with Crippen LogP contribution in [-0.4, -0.2) is 15.6 Å². The number of fused-ring (bicyclic) bond motifs is 3. The summed E-state index contributed by atoms with van der Waals surface area (Å²) < 4.78 is 6.06. The molecule has 4 nitrogen and oxygen atoms in total. The number of rotatable bonds is 4. The highest BCUT2D eigenvalue weighted by molar-refractivity contribution is 7.98. The number of aromatic nitrogens is 2.